The van der Waals surface area contributed by atoms with Crippen molar-refractivity contribution in [3.63, 3.8) is 0 Å². The van der Waals surface area contributed by atoms with Crippen LogP contribution in [-0.2, 0) is 4.79 Å². The molecule has 0 aromatic heterocycles. The predicted molar refractivity (Wildman–Crippen MR) is 42.7 cm³/mol. The molecule has 0 radical (unpaired) electrons. The van der Waals surface area contributed by atoms with Crippen LogP contribution in [0.2, 0.25) is 0 Å². The van der Waals surface area contributed by atoms with Gasteiger partial charge in [-0.15, -0.1) is 11.8 Å². The molecule has 1 saturated heterocycles. The van der Waals surface area contributed by atoms with Gasteiger partial charge in [-0.25, -0.2) is 0 Å². The minimum atomic E-state index is -0.335. The third kappa shape index (κ3) is 1.64. The molecule has 1 aliphatic rings. The fraction of sp³-hybridized carbons (Fsp3) is 0.833. The highest BCUT2D eigenvalue weighted by Gasteiger charge is 2.20. The van der Waals surface area contributed by atoms with Gasteiger partial charge in [0.05, 0.1) is 11.9 Å². The zero-order chi connectivity index (χ0) is 7.56. The molecule has 0 aliphatic carbocycles. The fourth-order valence-electron chi connectivity index (χ4n) is 0.876. The highest BCUT2D eigenvalue weighted by Crippen LogP contribution is 2.13. The van der Waals surface area contributed by atoms with Gasteiger partial charge < -0.3 is 10.6 Å². The average molecular weight is 160 g/mol. The number of nitrogens with zero attached hydrogens (tertiary/aromatic N) is 1. The monoisotopic (exact) mass is 160 g/mol. The average Bonchev–Trinajstić information content (AvgIpc) is 2.36. The van der Waals surface area contributed by atoms with E-state index in [9.17, 15) is 4.79 Å². The molecule has 0 unspecified atom stereocenters. The van der Waals surface area contributed by atoms with Crippen LogP contribution in [0.15, 0.2) is 0 Å². The van der Waals surface area contributed by atoms with Crippen LogP contribution >= 0.6 is 11.8 Å². The molecule has 1 heterocycles. The summed E-state index contributed by atoms with van der Waals surface area (Å²) in [5.41, 5.74) is 5.42. The predicted octanol–water partition coefficient (Wildman–Crippen LogP) is -0.133. The minimum Gasteiger partial charge on any atom is -0.331 e. The summed E-state index contributed by atoms with van der Waals surface area (Å²) in [5, 5.41) is 0. The van der Waals surface area contributed by atoms with Crippen molar-refractivity contribution in [2.75, 3.05) is 18.2 Å². The molecule has 3 nitrogen and oxygen atoms in total. The Bertz CT molecular complexity index is 132. The quantitative estimate of drug-likeness (QED) is 0.581. The number of thioether (sulfide) groups is 1. The Morgan fingerprint density at radius 1 is 1.80 bits per heavy atom. The van der Waals surface area contributed by atoms with Crippen LogP contribution in [0.1, 0.15) is 6.92 Å². The van der Waals surface area contributed by atoms with E-state index in [1.165, 1.54) is 0 Å². The zero-order valence-electron chi connectivity index (χ0n) is 6.04. The van der Waals surface area contributed by atoms with Crippen molar-refractivity contribution in [2.45, 2.75) is 13.0 Å². The van der Waals surface area contributed by atoms with Crippen molar-refractivity contribution < 1.29 is 4.79 Å². The largest absolute Gasteiger partial charge is 0.331 e. The van der Waals surface area contributed by atoms with Gasteiger partial charge in [-0.1, -0.05) is 0 Å². The van der Waals surface area contributed by atoms with E-state index in [-0.39, 0.29) is 11.9 Å². The topological polar surface area (TPSA) is 46.3 Å². The Kier molecular flexibility index (Phi) is 2.56. The molecule has 1 rings (SSSR count). The molecule has 1 fully saturated rings. The van der Waals surface area contributed by atoms with Gasteiger partial charge in [-0.05, 0) is 6.92 Å². The Balaban J connectivity index is 2.40. The molecule has 0 bridgehead atoms. The van der Waals surface area contributed by atoms with Gasteiger partial charge in [0.1, 0.15) is 0 Å². The van der Waals surface area contributed by atoms with E-state index in [1.54, 1.807) is 23.6 Å². The second-order valence-corrected chi connectivity index (χ2v) is 3.50. The van der Waals surface area contributed by atoms with Crippen LogP contribution in [0.3, 0.4) is 0 Å². The van der Waals surface area contributed by atoms with E-state index >= 15 is 0 Å². The first-order valence-corrected chi connectivity index (χ1v) is 4.49. The van der Waals surface area contributed by atoms with Gasteiger partial charge in [-0.2, -0.15) is 0 Å². The number of carbonyl (C=O) groups is 1. The number of rotatable bonds is 1. The van der Waals surface area contributed by atoms with E-state index in [2.05, 4.69) is 0 Å². The van der Waals surface area contributed by atoms with Crippen LogP contribution in [0, 0.1) is 0 Å². The molecule has 1 atom stereocenters. The molecule has 0 aromatic rings. The van der Waals surface area contributed by atoms with Crippen molar-refractivity contribution in [3.8, 4) is 0 Å². The van der Waals surface area contributed by atoms with Gasteiger partial charge in [0.15, 0.2) is 0 Å². The summed E-state index contributed by atoms with van der Waals surface area (Å²) in [4.78, 5) is 12.9. The van der Waals surface area contributed by atoms with E-state index in [0.29, 0.717) is 0 Å². The highest BCUT2D eigenvalue weighted by molar-refractivity contribution is 7.99. The van der Waals surface area contributed by atoms with Crippen LogP contribution in [0.25, 0.3) is 0 Å². The number of amides is 1. The molecular formula is C6H12N2OS. The molecule has 0 spiro atoms. The van der Waals surface area contributed by atoms with Crippen molar-refractivity contribution in [1.29, 1.82) is 0 Å². The third-order valence-corrected chi connectivity index (χ3v) is 2.42. The van der Waals surface area contributed by atoms with Gasteiger partial charge in [0.2, 0.25) is 5.91 Å². The van der Waals surface area contributed by atoms with Crippen LogP contribution in [-0.4, -0.2) is 35.0 Å². The maximum Gasteiger partial charge on any atom is 0.239 e. The normalized spacial score (nSPS) is 21.2. The first-order valence-electron chi connectivity index (χ1n) is 3.34. The lowest BCUT2D eigenvalue weighted by Gasteiger charge is -2.16. The summed E-state index contributed by atoms with van der Waals surface area (Å²) in [7, 11) is 0. The summed E-state index contributed by atoms with van der Waals surface area (Å²) in [6, 6.07) is -0.335. The molecule has 58 valence electrons. The number of carbonyl (C=O) groups excluding carboxylic acids is 1. The molecule has 0 aromatic carbocycles. The van der Waals surface area contributed by atoms with Crippen molar-refractivity contribution in [3.05, 3.63) is 0 Å². The van der Waals surface area contributed by atoms with E-state index in [1.807, 2.05) is 0 Å². The summed E-state index contributed by atoms with van der Waals surface area (Å²) in [5.74, 6) is 1.95. The summed E-state index contributed by atoms with van der Waals surface area (Å²) < 4.78 is 0. The second-order valence-electron chi connectivity index (χ2n) is 2.43. The van der Waals surface area contributed by atoms with Crippen molar-refractivity contribution >= 4 is 17.7 Å². The van der Waals surface area contributed by atoms with E-state index < -0.39 is 0 Å². The van der Waals surface area contributed by atoms with Gasteiger partial charge >= 0.3 is 0 Å². The number of hydrogen-bond acceptors (Lipinski definition) is 3. The first-order chi connectivity index (χ1) is 4.72. The molecular weight excluding hydrogens is 148 g/mol. The molecule has 1 aliphatic heterocycles. The Morgan fingerprint density at radius 3 is 2.90 bits per heavy atom. The van der Waals surface area contributed by atoms with Gasteiger partial charge in [0.25, 0.3) is 0 Å². The second kappa shape index (κ2) is 3.25. The number of nitrogens with two attached hydrogens (primary N) is 1. The minimum absolute atomic E-state index is 0.0741. The lowest BCUT2D eigenvalue weighted by molar-refractivity contribution is -0.130. The van der Waals surface area contributed by atoms with E-state index in [0.717, 1.165) is 18.2 Å². The Morgan fingerprint density at radius 2 is 2.50 bits per heavy atom. The highest BCUT2D eigenvalue weighted by atomic mass is 32.2. The SMILES string of the molecule is C[C@H](N)C(=O)N1CCSC1. The van der Waals surface area contributed by atoms with Crippen LogP contribution in [0.5, 0.6) is 0 Å². The van der Waals surface area contributed by atoms with Gasteiger partial charge in [0, 0.05) is 12.3 Å². The van der Waals surface area contributed by atoms with Crippen LogP contribution < -0.4 is 5.73 Å². The Labute approximate surface area is 64.9 Å². The Hall–Kier alpha value is -0.220. The molecule has 0 saturated carbocycles. The maximum absolute atomic E-state index is 11.1. The lowest BCUT2D eigenvalue weighted by atomic mass is 10.3. The zero-order valence-corrected chi connectivity index (χ0v) is 6.86. The lowest BCUT2D eigenvalue weighted by Crippen LogP contribution is -2.40. The summed E-state index contributed by atoms with van der Waals surface area (Å²) in [6.45, 7) is 2.59. The fourth-order valence-corrected chi connectivity index (χ4v) is 1.83. The van der Waals surface area contributed by atoms with Crippen LogP contribution in [0.4, 0.5) is 0 Å². The summed E-state index contributed by atoms with van der Waals surface area (Å²) >= 11 is 1.78. The summed E-state index contributed by atoms with van der Waals surface area (Å²) in [6.07, 6.45) is 0. The first kappa shape index (κ1) is 7.88. The van der Waals surface area contributed by atoms with Gasteiger partial charge in [-0.3, -0.25) is 4.79 Å². The third-order valence-electron chi connectivity index (χ3n) is 1.45. The standard InChI is InChI=1S/C6H12N2OS/c1-5(7)6(9)8-2-3-10-4-8/h5H,2-4,7H2,1H3/t5-/m0/s1. The van der Waals surface area contributed by atoms with E-state index in [4.69, 9.17) is 5.73 Å². The maximum atomic E-state index is 11.1. The number of hydrogen-bond donors (Lipinski definition) is 1. The molecule has 4 heteroatoms. The smallest absolute Gasteiger partial charge is 0.239 e. The molecule has 10 heavy (non-hydrogen) atoms. The van der Waals surface area contributed by atoms with Crippen molar-refractivity contribution in [2.24, 2.45) is 5.73 Å². The molecule has 1 amide bonds. The molecule has 2 N–H and O–H groups in total. The van der Waals surface area contributed by atoms with Crippen molar-refractivity contribution in [1.82, 2.24) is 4.90 Å².